The molecule has 2 N–H and O–H groups in total. The molecule has 0 spiro atoms. The number of hydrogen-bond donors (Lipinski definition) is 2. The maximum atomic E-state index is 10.6. The second-order valence-electron chi connectivity index (χ2n) is 1.81. The molecule has 0 aromatic rings. The molecule has 1 aliphatic heterocycles. The topological polar surface area (TPSA) is 55.2 Å². The molecule has 1 radical (unpaired) electrons. The summed E-state index contributed by atoms with van der Waals surface area (Å²) in [5.41, 5.74) is 0. The van der Waals surface area contributed by atoms with Crippen LogP contribution in [0.3, 0.4) is 0 Å². The number of nitrogens with zero attached hydrogens (tertiary/aromatic N) is 1. The summed E-state index contributed by atoms with van der Waals surface area (Å²) in [6.45, 7) is 0. The van der Waals surface area contributed by atoms with Crippen LogP contribution in [0.1, 0.15) is 0 Å². The van der Waals surface area contributed by atoms with Gasteiger partial charge in [0.15, 0.2) is 0 Å². The van der Waals surface area contributed by atoms with Crippen LogP contribution < -0.4 is 16.0 Å². The number of amides is 2. The first-order valence-electron chi connectivity index (χ1n) is 2.78. The molecule has 1 atom stereocenters. The smallest absolute Gasteiger partial charge is 0.316 e. The fourth-order valence-corrected chi connectivity index (χ4v) is 0.847. The van der Waals surface area contributed by atoms with Crippen LogP contribution in [-0.4, -0.2) is 19.2 Å². The van der Waals surface area contributed by atoms with Crippen molar-refractivity contribution in [2.75, 3.05) is 7.05 Å². The maximum Gasteiger partial charge on any atom is 0.342 e. The molecule has 0 aromatic heterocycles. The van der Waals surface area contributed by atoms with E-state index in [-0.39, 0.29) is 12.2 Å². The molecule has 5 heteroatoms. The van der Waals surface area contributed by atoms with Gasteiger partial charge in [-0.15, -0.1) is 0 Å². The number of nitrogens with one attached hydrogen (secondary N) is 2. The summed E-state index contributed by atoms with van der Waals surface area (Å²) in [4.78, 5) is 10.6. The summed E-state index contributed by atoms with van der Waals surface area (Å²) in [5, 5.41) is 9.20. The lowest BCUT2D eigenvalue weighted by molar-refractivity contribution is 0.238. The van der Waals surface area contributed by atoms with E-state index in [0.717, 1.165) is 0 Å². The van der Waals surface area contributed by atoms with Crippen molar-refractivity contribution in [3.63, 3.8) is 0 Å². The first-order chi connectivity index (χ1) is 4.74. The van der Waals surface area contributed by atoms with Gasteiger partial charge in [-0.1, -0.05) is 11.6 Å². The SMILES string of the molecule is CNC1NC(=O)[N]C=C1Cl. The van der Waals surface area contributed by atoms with E-state index >= 15 is 0 Å². The molecular weight excluding hydrogens is 154 g/mol. The van der Waals surface area contributed by atoms with Crippen LogP contribution in [0.2, 0.25) is 0 Å². The Morgan fingerprint density at radius 2 is 2.60 bits per heavy atom. The zero-order chi connectivity index (χ0) is 7.56. The third-order valence-electron chi connectivity index (χ3n) is 1.14. The minimum Gasteiger partial charge on any atom is -0.316 e. The molecular formula is C5H7ClN3O. The molecule has 0 aliphatic carbocycles. The van der Waals surface area contributed by atoms with E-state index < -0.39 is 0 Å². The lowest BCUT2D eigenvalue weighted by Crippen LogP contribution is -2.48. The standard InChI is InChI=1S/C5H7ClN3O/c1-7-4-3(6)2-8-5(10)9-4/h2,4,7H,1H3,(H,9,10). The van der Waals surface area contributed by atoms with Crippen LogP contribution in [0.5, 0.6) is 0 Å². The lowest BCUT2D eigenvalue weighted by Gasteiger charge is -2.19. The molecule has 1 rings (SSSR count). The molecule has 55 valence electrons. The first-order valence-corrected chi connectivity index (χ1v) is 3.16. The van der Waals surface area contributed by atoms with Crippen LogP contribution in [0, 0.1) is 0 Å². The maximum absolute atomic E-state index is 10.6. The van der Waals surface area contributed by atoms with Crippen molar-refractivity contribution in [3.8, 4) is 0 Å². The number of carbonyl (C=O) groups is 1. The van der Waals surface area contributed by atoms with Crippen molar-refractivity contribution in [2.45, 2.75) is 6.17 Å². The van der Waals surface area contributed by atoms with Gasteiger partial charge in [-0.2, -0.15) is 0 Å². The summed E-state index contributed by atoms with van der Waals surface area (Å²) in [7, 11) is 1.70. The number of likely N-dealkylation sites (N-methyl/N-ethyl adjacent to an activating group) is 1. The number of carbonyl (C=O) groups excluding carboxylic acids is 1. The first kappa shape index (κ1) is 7.37. The predicted octanol–water partition coefficient (Wildman–Crippen LogP) is -0.0603. The van der Waals surface area contributed by atoms with Crippen molar-refractivity contribution >= 4 is 17.6 Å². The van der Waals surface area contributed by atoms with E-state index in [0.29, 0.717) is 5.03 Å². The van der Waals surface area contributed by atoms with Crippen LogP contribution in [0.25, 0.3) is 0 Å². The lowest BCUT2D eigenvalue weighted by atomic mass is 10.4. The minimum atomic E-state index is -0.372. The Hall–Kier alpha value is -0.740. The van der Waals surface area contributed by atoms with Crippen molar-refractivity contribution in [1.82, 2.24) is 16.0 Å². The van der Waals surface area contributed by atoms with Crippen LogP contribution in [-0.2, 0) is 0 Å². The molecule has 1 unspecified atom stereocenters. The molecule has 2 amide bonds. The largest absolute Gasteiger partial charge is 0.342 e. The number of rotatable bonds is 1. The zero-order valence-electron chi connectivity index (χ0n) is 5.39. The molecule has 0 saturated carbocycles. The normalized spacial score (nSPS) is 24.8. The van der Waals surface area contributed by atoms with Gasteiger partial charge in [0.25, 0.3) is 0 Å². The number of urea groups is 1. The Kier molecular flexibility index (Phi) is 2.13. The van der Waals surface area contributed by atoms with Gasteiger partial charge in [-0.3, -0.25) is 5.32 Å². The van der Waals surface area contributed by atoms with E-state index in [9.17, 15) is 4.79 Å². The predicted molar refractivity (Wildman–Crippen MR) is 37.4 cm³/mol. The van der Waals surface area contributed by atoms with Crippen molar-refractivity contribution in [3.05, 3.63) is 11.2 Å². The van der Waals surface area contributed by atoms with Gasteiger partial charge in [-0.05, 0) is 7.05 Å². The fraction of sp³-hybridized carbons (Fsp3) is 0.400. The van der Waals surface area contributed by atoms with Gasteiger partial charge >= 0.3 is 6.03 Å². The molecule has 10 heavy (non-hydrogen) atoms. The molecule has 0 saturated heterocycles. The summed E-state index contributed by atoms with van der Waals surface area (Å²) in [6, 6.07) is -0.372. The van der Waals surface area contributed by atoms with Gasteiger partial charge in [0.1, 0.15) is 6.17 Å². The second-order valence-corrected chi connectivity index (χ2v) is 2.25. The highest BCUT2D eigenvalue weighted by molar-refractivity contribution is 6.30. The summed E-state index contributed by atoms with van der Waals surface area (Å²) < 4.78 is 0. The van der Waals surface area contributed by atoms with Gasteiger partial charge in [0.05, 0.1) is 11.2 Å². The second kappa shape index (κ2) is 2.90. The van der Waals surface area contributed by atoms with E-state index in [2.05, 4.69) is 16.0 Å². The zero-order valence-corrected chi connectivity index (χ0v) is 6.14. The van der Waals surface area contributed by atoms with Crippen LogP contribution in [0.15, 0.2) is 11.2 Å². The molecule has 0 fully saturated rings. The van der Waals surface area contributed by atoms with E-state index in [1.165, 1.54) is 6.20 Å². The minimum absolute atomic E-state index is 0.285. The third-order valence-corrected chi connectivity index (χ3v) is 1.45. The monoisotopic (exact) mass is 160 g/mol. The summed E-state index contributed by atoms with van der Waals surface area (Å²) in [6.07, 6.45) is 1.05. The highest BCUT2D eigenvalue weighted by atomic mass is 35.5. The average Bonchev–Trinajstić information content (AvgIpc) is 1.94. The highest BCUT2D eigenvalue weighted by Crippen LogP contribution is 2.07. The van der Waals surface area contributed by atoms with Gasteiger partial charge in [-0.25, -0.2) is 10.1 Å². The van der Waals surface area contributed by atoms with E-state index in [1.807, 2.05) is 0 Å². The Morgan fingerprint density at radius 3 is 3.10 bits per heavy atom. The van der Waals surface area contributed by atoms with Gasteiger partial charge in [0, 0.05) is 0 Å². The molecule has 1 heterocycles. The van der Waals surface area contributed by atoms with Crippen molar-refractivity contribution in [1.29, 1.82) is 0 Å². The Balaban J connectivity index is 2.65. The molecule has 0 aromatic carbocycles. The number of halogens is 1. The summed E-state index contributed by atoms with van der Waals surface area (Å²) in [5.74, 6) is 0. The Bertz CT molecular complexity index is 180. The van der Waals surface area contributed by atoms with Crippen molar-refractivity contribution < 1.29 is 4.79 Å². The summed E-state index contributed by atoms with van der Waals surface area (Å²) >= 11 is 5.64. The van der Waals surface area contributed by atoms with Crippen molar-refractivity contribution in [2.24, 2.45) is 0 Å². The van der Waals surface area contributed by atoms with Gasteiger partial charge < -0.3 is 5.32 Å². The Morgan fingerprint density at radius 1 is 1.90 bits per heavy atom. The molecule has 4 nitrogen and oxygen atoms in total. The Labute approximate surface area is 63.6 Å². The average molecular weight is 161 g/mol. The van der Waals surface area contributed by atoms with Crippen LogP contribution in [0.4, 0.5) is 4.79 Å². The van der Waals surface area contributed by atoms with E-state index in [1.54, 1.807) is 7.05 Å². The fourth-order valence-electron chi connectivity index (χ4n) is 0.635. The quantitative estimate of drug-likeness (QED) is 0.565. The molecule has 0 bridgehead atoms. The van der Waals surface area contributed by atoms with Crippen LogP contribution >= 0.6 is 11.6 Å². The van der Waals surface area contributed by atoms with Gasteiger partial charge in [0.2, 0.25) is 0 Å². The third kappa shape index (κ3) is 1.40. The molecule has 1 aliphatic rings. The van der Waals surface area contributed by atoms with E-state index in [4.69, 9.17) is 11.6 Å². The highest BCUT2D eigenvalue weighted by Gasteiger charge is 2.18. The number of hydrogen-bond acceptors (Lipinski definition) is 2.